The molecule has 3 rings (SSSR count). The lowest BCUT2D eigenvalue weighted by atomic mass is 10.1. The van der Waals surface area contributed by atoms with Crippen LogP contribution in [0.1, 0.15) is 18.1 Å². The molecule has 0 bridgehead atoms. The predicted octanol–water partition coefficient (Wildman–Crippen LogP) is 4.37. The number of aromatic nitrogens is 1. The van der Waals surface area contributed by atoms with Gasteiger partial charge in [-0.2, -0.15) is 13.2 Å². The zero-order chi connectivity index (χ0) is 22.9. The summed E-state index contributed by atoms with van der Waals surface area (Å²) in [6, 6.07) is 6.71. The molecular weight excluding hydrogens is 440 g/mol. The van der Waals surface area contributed by atoms with Crippen LogP contribution in [-0.2, 0) is 23.9 Å². The van der Waals surface area contributed by atoms with E-state index in [4.69, 9.17) is 11.6 Å². The fourth-order valence-electron chi connectivity index (χ4n) is 3.16. The number of nitrogens with zero attached hydrogens (tertiary/aromatic N) is 1. The van der Waals surface area contributed by atoms with Crippen LogP contribution in [0.15, 0.2) is 47.4 Å². The molecule has 0 aliphatic heterocycles. The normalized spacial score (nSPS) is 12.7. The Kier molecular flexibility index (Phi) is 6.38. The summed E-state index contributed by atoms with van der Waals surface area (Å²) in [5.41, 5.74) is -1.62. The summed E-state index contributed by atoms with van der Waals surface area (Å²) in [4.78, 5) is 25.1. The molecule has 1 aromatic heterocycles. The van der Waals surface area contributed by atoms with Crippen molar-refractivity contribution in [3.8, 4) is 0 Å². The average Bonchev–Trinajstić information content (AvgIpc) is 2.65. The number of alkyl halides is 3. The highest BCUT2D eigenvalue weighted by atomic mass is 35.5. The van der Waals surface area contributed by atoms with E-state index >= 15 is 0 Å². The molecule has 1 heterocycles. The van der Waals surface area contributed by atoms with E-state index < -0.39 is 41.5 Å². The van der Waals surface area contributed by atoms with Crippen molar-refractivity contribution in [2.24, 2.45) is 0 Å². The molecule has 3 aromatic rings. The van der Waals surface area contributed by atoms with Gasteiger partial charge in [0.2, 0.25) is 5.91 Å². The highest BCUT2D eigenvalue weighted by Gasteiger charge is 2.34. The number of carbonyl (C=O) groups excluding carboxylic acids is 1. The maximum atomic E-state index is 13.7. The molecule has 0 saturated carbocycles. The standard InChI is InChI=1S/C21H17ClF4N2O3/c1-11(29)10-28-7-6-13-14(20(28)31)3-5-16(22)19(13)27-18(30)9-12-2-4-15(17(23)8-12)21(24,25)26/h2-8,11,29H,9-10H2,1H3,(H,27,30)/t11-/m0/s1. The van der Waals surface area contributed by atoms with Crippen LogP contribution in [0.25, 0.3) is 10.8 Å². The molecule has 0 radical (unpaired) electrons. The van der Waals surface area contributed by atoms with E-state index in [-0.39, 0.29) is 28.2 Å². The minimum Gasteiger partial charge on any atom is -0.392 e. The molecule has 1 atom stereocenters. The van der Waals surface area contributed by atoms with Crippen molar-refractivity contribution in [1.29, 1.82) is 0 Å². The van der Waals surface area contributed by atoms with Crippen LogP contribution in [0.2, 0.25) is 5.02 Å². The number of hydrogen-bond donors (Lipinski definition) is 2. The lowest BCUT2D eigenvalue weighted by Gasteiger charge is -2.14. The van der Waals surface area contributed by atoms with Crippen LogP contribution < -0.4 is 10.9 Å². The van der Waals surface area contributed by atoms with Crippen molar-refractivity contribution in [2.45, 2.75) is 32.2 Å². The summed E-state index contributed by atoms with van der Waals surface area (Å²) in [5.74, 6) is -2.12. The van der Waals surface area contributed by atoms with Crippen LogP contribution in [-0.4, -0.2) is 21.7 Å². The zero-order valence-corrected chi connectivity index (χ0v) is 16.9. The van der Waals surface area contributed by atoms with E-state index in [0.29, 0.717) is 17.5 Å². The molecule has 2 aromatic carbocycles. The smallest absolute Gasteiger partial charge is 0.392 e. The number of pyridine rings is 1. The van der Waals surface area contributed by atoms with Crippen molar-refractivity contribution in [3.05, 3.63) is 74.9 Å². The van der Waals surface area contributed by atoms with Gasteiger partial charge in [-0.25, -0.2) is 4.39 Å². The molecule has 2 N–H and O–H groups in total. The van der Waals surface area contributed by atoms with Gasteiger partial charge < -0.3 is 15.0 Å². The number of nitrogens with one attached hydrogen (secondary N) is 1. The highest BCUT2D eigenvalue weighted by Crippen LogP contribution is 2.32. The molecule has 1 amide bonds. The number of amides is 1. The van der Waals surface area contributed by atoms with Gasteiger partial charge in [-0.15, -0.1) is 0 Å². The van der Waals surface area contributed by atoms with Crippen molar-refractivity contribution in [2.75, 3.05) is 5.32 Å². The van der Waals surface area contributed by atoms with E-state index in [1.54, 1.807) is 6.07 Å². The van der Waals surface area contributed by atoms with Crippen molar-refractivity contribution in [1.82, 2.24) is 4.57 Å². The number of rotatable bonds is 5. The Hall–Kier alpha value is -2.91. The third-order valence-corrected chi connectivity index (χ3v) is 4.85. The second-order valence-corrected chi connectivity index (χ2v) is 7.45. The lowest BCUT2D eigenvalue weighted by molar-refractivity contribution is -0.140. The summed E-state index contributed by atoms with van der Waals surface area (Å²) in [6.45, 7) is 1.62. The van der Waals surface area contributed by atoms with E-state index in [1.165, 1.54) is 29.8 Å². The second kappa shape index (κ2) is 8.68. The molecule has 0 saturated heterocycles. The fraction of sp³-hybridized carbons (Fsp3) is 0.238. The van der Waals surface area contributed by atoms with Crippen LogP contribution in [0.5, 0.6) is 0 Å². The Balaban J connectivity index is 1.88. The molecule has 164 valence electrons. The first kappa shape index (κ1) is 22.8. The van der Waals surface area contributed by atoms with Gasteiger partial charge >= 0.3 is 6.18 Å². The van der Waals surface area contributed by atoms with Gasteiger partial charge in [-0.1, -0.05) is 17.7 Å². The van der Waals surface area contributed by atoms with Gasteiger partial charge in [0, 0.05) is 17.0 Å². The maximum Gasteiger partial charge on any atom is 0.419 e. The number of fused-ring (bicyclic) bond motifs is 1. The van der Waals surface area contributed by atoms with E-state index in [0.717, 1.165) is 6.07 Å². The van der Waals surface area contributed by atoms with Crippen LogP contribution in [0.3, 0.4) is 0 Å². The summed E-state index contributed by atoms with van der Waals surface area (Å²) in [7, 11) is 0. The van der Waals surface area contributed by atoms with E-state index in [9.17, 15) is 32.3 Å². The number of hydrogen-bond acceptors (Lipinski definition) is 3. The molecule has 0 aliphatic carbocycles. The minimum atomic E-state index is -4.83. The third-order valence-electron chi connectivity index (χ3n) is 4.54. The van der Waals surface area contributed by atoms with Gasteiger partial charge in [-0.05, 0) is 42.8 Å². The summed E-state index contributed by atoms with van der Waals surface area (Å²) >= 11 is 6.17. The number of carbonyl (C=O) groups is 1. The molecule has 0 fully saturated rings. The fourth-order valence-corrected chi connectivity index (χ4v) is 3.37. The Morgan fingerprint density at radius 2 is 1.90 bits per heavy atom. The van der Waals surface area contributed by atoms with Crippen LogP contribution in [0.4, 0.5) is 23.2 Å². The first-order chi connectivity index (χ1) is 14.5. The number of benzene rings is 2. The lowest BCUT2D eigenvalue weighted by Crippen LogP contribution is -2.25. The molecule has 0 unspecified atom stereocenters. The van der Waals surface area contributed by atoms with Crippen molar-refractivity contribution in [3.63, 3.8) is 0 Å². The zero-order valence-electron chi connectivity index (χ0n) is 16.1. The number of halogens is 5. The summed E-state index contributed by atoms with van der Waals surface area (Å²) in [6.07, 6.45) is -4.52. The molecule has 0 aliphatic rings. The van der Waals surface area contributed by atoms with Gasteiger partial charge in [-0.3, -0.25) is 9.59 Å². The maximum absolute atomic E-state index is 13.7. The first-order valence-electron chi connectivity index (χ1n) is 9.12. The third kappa shape index (κ3) is 5.05. The molecule has 31 heavy (non-hydrogen) atoms. The largest absolute Gasteiger partial charge is 0.419 e. The summed E-state index contributed by atoms with van der Waals surface area (Å²) in [5, 5.41) is 12.8. The van der Waals surface area contributed by atoms with Gasteiger partial charge in [0.1, 0.15) is 5.82 Å². The van der Waals surface area contributed by atoms with Gasteiger partial charge in [0.25, 0.3) is 5.56 Å². The topological polar surface area (TPSA) is 71.3 Å². The number of aliphatic hydroxyl groups is 1. The van der Waals surface area contributed by atoms with Gasteiger partial charge in [0.15, 0.2) is 0 Å². The Labute approximate surface area is 178 Å². The molecular formula is C21H17ClF4N2O3. The van der Waals surface area contributed by atoms with E-state index in [1.807, 2.05) is 0 Å². The average molecular weight is 457 g/mol. The van der Waals surface area contributed by atoms with Gasteiger partial charge in [0.05, 0.1) is 35.3 Å². The highest BCUT2D eigenvalue weighted by molar-refractivity contribution is 6.35. The SMILES string of the molecule is C[C@H](O)Cn1ccc2c(NC(=O)Cc3ccc(C(F)(F)F)c(F)c3)c(Cl)ccc2c1=O. The minimum absolute atomic E-state index is 0.0404. The van der Waals surface area contributed by atoms with Crippen molar-refractivity contribution >= 4 is 34.0 Å². The Bertz CT molecular complexity index is 1210. The predicted molar refractivity (Wildman–Crippen MR) is 109 cm³/mol. The molecule has 0 spiro atoms. The van der Waals surface area contributed by atoms with Crippen molar-refractivity contribution < 1.29 is 27.5 Å². The quantitative estimate of drug-likeness (QED) is 0.560. The first-order valence-corrected chi connectivity index (χ1v) is 9.50. The number of anilines is 1. The Morgan fingerprint density at radius 3 is 2.52 bits per heavy atom. The number of aliphatic hydroxyl groups excluding tert-OH is 1. The molecule has 5 nitrogen and oxygen atoms in total. The van der Waals surface area contributed by atoms with Crippen LogP contribution in [0, 0.1) is 5.82 Å². The van der Waals surface area contributed by atoms with E-state index in [2.05, 4.69) is 5.32 Å². The van der Waals surface area contributed by atoms with Crippen LogP contribution >= 0.6 is 11.6 Å². The molecule has 10 heteroatoms. The monoisotopic (exact) mass is 456 g/mol. The summed E-state index contributed by atoms with van der Waals surface area (Å²) < 4.78 is 53.1. The Morgan fingerprint density at radius 1 is 1.19 bits per heavy atom. The second-order valence-electron chi connectivity index (χ2n) is 7.04.